The van der Waals surface area contributed by atoms with Crippen LogP contribution in [0.25, 0.3) is 27.7 Å². The smallest absolute Gasteiger partial charge is 0.170 e. The van der Waals surface area contributed by atoms with E-state index < -0.39 is 10.6 Å². The number of nitrogens with zero attached hydrogens (tertiary/aromatic N) is 4. The van der Waals surface area contributed by atoms with Gasteiger partial charge >= 0.3 is 0 Å². The van der Waals surface area contributed by atoms with E-state index in [1.54, 1.807) is 10.7 Å². The van der Waals surface area contributed by atoms with Crippen LogP contribution in [-0.2, 0) is 0 Å². The van der Waals surface area contributed by atoms with Gasteiger partial charge in [-0.3, -0.25) is 18.9 Å². The van der Waals surface area contributed by atoms with E-state index in [2.05, 4.69) is 21.5 Å². The summed E-state index contributed by atoms with van der Waals surface area (Å²) in [5, 5.41) is 8.96. The van der Waals surface area contributed by atoms with Gasteiger partial charge in [-0.25, -0.2) is 4.98 Å². The minimum absolute atomic E-state index is 0.00926. The van der Waals surface area contributed by atoms with Crippen molar-refractivity contribution in [1.82, 2.24) is 19.6 Å². The molecule has 3 aromatic heterocycles. The standard InChI is InChI=1S/C23H23N5O3S/c29-19-5-8-24-23-20(19)21(14-6-9-32(30,31)10-7-14)27-22-17(13-26-28(22)23)16-11-15-3-1-2-4-18(15)25-12-16/h1-4,11-14,24,30-31H,5-10H2. The fourth-order valence-corrected chi connectivity index (χ4v) is 6.30. The van der Waals surface area contributed by atoms with Gasteiger partial charge in [-0.1, -0.05) is 18.2 Å². The van der Waals surface area contributed by atoms with Crippen molar-refractivity contribution in [1.29, 1.82) is 0 Å². The van der Waals surface area contributed by atoms with Crippen LogP contribution in [0.2, 0.25) is 0 Å². The minimum Gasteiger partial charge on any atom is -0.369 e. The van der Waals surface area contributed by atoms with Crippen LogP contribution in [0.5, 0.6) is 0 Å². The summed E-state index contributed by atoms with van der Waals surface area (Å²) in [5.41, 5.74) is 4.71. The molecule has 0 aliphatic carbocycles. The average Bonchev–Trinajstić information content (AvgIpc) is 3.23. The Morgan fingerprint density at radius 2 is 1.94 bits per heavy atom. The third-order valence-corrected chi connectivity index (χ3v) is 8.25. The van der Waals surface area contributed by atoms with Crippen molar-refractivity contribution >= 4 is 38.7 Å². The maximum atomic E-state index is 12.9. The zero-order valence-electron chi connectivity index (χ0n) is 17.4. The lowest BCUT2D eigenvalue weighted by molar-refractivity contribution is 0.0981. The number of aromatic nitrogens is 4. The Kier molecular flexibility index (Phi) is 4.46. The number of pyridine rings is 1. The predicted molar refractivity (Wildman–Crippen MR) is 126 cm³/mol. The number of rotatable bonds is 2. The van der Waals surface area contributed by atoms with E-state index in [1.165, 1.54) is 0 Å². The Morgan fingerprint density at radius 3 is 2.78 bits per heavy atom. The van der Waals surface area contributed by atoms with E-state index >= 15 is 0 Å². The van der Waals surface area contributed by atoms with Crippen molar-refractivity contribution < 1.29 is 13.9 Å². The maximum Gasteiger partial charge on any atom is 0.170 e. The van der Waals surface area contributed by atoms with Crippen molar-refractivity contribution in [2.45, 2.75) is 25.2 Å². The number of ketones is 1. The van der Waals surface area contributed by atoms with Crippen LogP contribution < -0.4 is 5.32 Å². The predicted octanol–water partition coefficient (Wildman–Crippen LogP) is 4.57. The number of anilines is 1. The highest BCUT2D eigenvalue weighted by atomic mass is 32.3. The second kappa shape index (κ2) is 7.26. The molecule has 8 nitrogen and oxygen atoms in total. The van der Waals surface area contributed by atoms with Crippen molar-refractivity contribution in [2.75, 3.05) is 23.4 Å². The molecule has 164 valence electrons. The monoisotopic (exact) mass is 449 g/mol. The van der Waals surface area contributed by atoms with Crippen LogP contribution in [0.1, 0.15) is 41.2 Å². The van der Waals surface area contributed by atoms with E-state index in [-0.39, 0.29) is 11.7 Å². The number of para-hydroxylation sites is 1. The maximum absolute atomic E-state index is 12.9. The molecule has 1 fully saturated rings. The summed E-state index contributed by atoms with van der Waals surface area (Å²) in [6.07, 6.45) is 5.22. The highest BCUT2D eigenvalue weighted by Gasteiger charge is 2.33. The van der Waals surface area contributed by atoms with Gasteiger partial charge in [-0.2, -0.15) is 20.2 Å². The van der Waals surface area contributed by atoms with Gasteiger partial charge in [0, 0.05) is 53.1 Å². The third kappa shape index (κ3) is 3.16. The van der Waals surface area contributed by atoms with E-state index in [9.17, 15) is 13.9 Å². The molecule has 0 amide bonds. The SMILES string of the molecule is O=C1CCNc2c1c(C1CCS(O)(O)CC1)nc1c(-c3cnc4ccccc4c3)cnn21. The molecule has 0 radical (unpaired) electrons. The van der Waals surface area contributed by atoms with Crippen molar-refractivity contribution in [3.8, 4) is 11.1 Å². The molecule has 2 aliphatic rings. The molecule has 0 bridgehead atoms. The van der Waals surface area contributed by atoms with Crippen molar-refractivity contribution in [3.05, 3.63) is 54.0 Å². The van der Waals surface area contributed by atoms with E-state index in [0.717, 1.165) is 27.7 Å². The molecule has 3 N–H and O–H groups in total. The third-order valence-electron chi connectivity index (χ3n) is 6.47. The quantitative estimate of drug-likeness (QED) is 0.411. The van der Waals surface area contributed by atoms with Crippen molar-refractivity contribution in [2.24, 2.45) is 0 Å². The van der Waals surface area contributed by atoms with Crippen LogP contribution in [-0.4, -0.2) is 52.5 Å². The molecular weight excluding hydrogens is 426 g/mol. The molecule has 0 spiro atoms. The highest BCUT2D eigenvalue weighted by Crippen LogP contribution is 2.49. The van der Waals surface area contributed by atoms with Gasteiger partial charge in [0.1, 0.15) is 5.82 Å². The molecular formula is C23H23N5O3S. The van der Waals surface area contributed by atoms with E-state index in [4.69, 9.17) is 4.98 Å². The number of hydrogen-bond donors (Lipinski definition) is 3. The first-order valence-corrected chi connectivity index (χ1v) is 12.7. The molecule has 5 heterocycles. The fraction of sp³-hybridized carbons (Fsp3) is 0.304. The molecule has 1 aromatic carbocycles. The zero-order chi connectivity index (χ0) is 21.9. The van der Waals surface area contributed by atoms with Gasteiger partial charge in [0.25, 0.3) is 0 Å². The van der Waals surface area contributed by atoms with Crippen LogP contribution >= 0.6 is 10.6 Å². The van der Waals surface area contributed by atoms with Gasteiger partial charge in [0.05, 0.1) is 23.0 Å². The molecule has 2 aliphatic heterocycles. The van der Waals surface area contributed by atoms with Crippen molar-refractivity contribution in [3.63, 3.8) is 0 Å². The van der Waals surface area contributed by atoms with Gasteiger partial charge in [0.2, 0.25) is 0 Å². The number of fused-ring (bicyclic) bond motifs is 4. The normalized spacial score (nSPS) is 19.6. The van der Waals surface area contributed by atoms with E-state index in [1.807, 2.05) is 30.5 Å². The summed E-state index contributed by atoms with van der Waals surface area (Å²) in [7, 11) is -2.52. The van der Waals surface area contributed by atoms with Crippen LogP contribution in [0.3, 0.4) is 0 Å². The topological polar surface area (TPSA) is 113 Å². The highest BCUT2D eigenvalue weighted by molar-refractivity contribution is 8.24. The summed E-state index contributed by atoms with van der Waals surface area (Å²) in [6.45, 7) is 0.558. The molecule has 1 saturated heterocycles. The number of Topliss-reactive ketones (excluding diaryl/α,β-unsaturated/α-hetero) is 1. The number of hydrogen-bond acceptors (Lipinski definition) is 7. The lowest BCUT2D eigenvalue weighted by Gasteiger charge is -2.39. The molecule has 32 heavy (non-hydrogen) atoms. The number of carbonyl (C=O) groups excluding carboxylic acids is 1. The first-order valence-electron chi connectivity index (χ1n) is 10.8. The summed E-state index contributed by atoms with van der Waals surface area (Å²) in [5.74, 6) is 1.45. The number of nitrogens with one attached hydrogen (secondary N) is 1. The Balaban J connectivity index is 1.54. The molecule has 6 rings (SSSR count). The molecule has 0 saturated carbocycles. The van der Waals surface area contributed by atoms with Gasteiger partial charge in [-0.05, 0) is 25.0 Å². The average molecular weight is 450 g/mol. The number of benzene rings is 1. The molecule has 0 atom stereocenters. The number of carbonyl (C=O) groups is 1. The van der Waals surface area contributed by atoms with Crippen LogP contribution in [0, 0.1) is 0 Å². The van der Waals surface area contributed by atoms with E-state index in [0.29, 0.717) is 54.3 Å². The Labute approximate surface area is 186 Å². The van der Waals surface area contributed by atoms with Gasteiger partial charge in [0.15, 0.2) is 11.4 Å². The lowest BCUT2D eigenvalue weighted by Crippen LogP contribution is -2.27. The van der Waals surface area contributed by atoms with Crippen LogP contribution in [0.4, 0.5) is 5.82 Å². The van der Waals surface area contributed by atoms with Crippen LogP contribution in [0.15, 0.2) is 42.7 Å². The van der Waals surface area contributed by atoms with Gasteiger partial charge < -0.3 is 5.32 Å². The van der Waals surface area contributed by atoms with Gasteiger partial charge in [-0.15, -0.1) is 0 Å². The summed E-state index contributed by atoms with van der Waals surface area (Å²) in [6, 6.07) is 10.0. The molecule has 0 unspecified atom stereocenters. The first kappa shape index (κ1) is 19.7. The first-order chi connectivity index (χ1) is 15.5. The summed E-state index contributed by atoms with van der Waals surface area (Å²) in [4.78, 5) is 22.5. The minimum atomic E-state index is -2.52. The Bertz CT molecular complexity index is 1370. The zero-order valence-corrected chi connectivity index (χ0v) is 18.2. The Hall–Kier alpha value is -3.01. The largest absolute Gasteiger partial charge is 0.369 e. The summed E-state index contributed by atoms with van der Waals surface area (Å²) >= 11 is 0. The molecule has 4 aromatic rings. The Morgan fingerprint density at radius 1 is 1.12 bits per heavy atom. The summed E-state index contributed by atoms with van der Waals surface area (Å²) < 4.78 is 21.9. The second-order valence-electron chi connectivity index (χ2n) is 8.52. The second-order valence-corrected chi connectivity index (χ2v) is 10.9. The molecule has 9 heteroatoms. The fourth-order valence-electron chi connectivity index (χ4n) is 4.77. The lowest BCUT2D eigenvalue weighted by atomic mass is 9.91.